The number of hydrogen-bond acceptors (Lipinski definition) is 3. The van der Waals surface area contributed by atoms with E-state index in [2.05, 4.69) is 0 Å². The third-order valence-corrected chi connectivity index (χ3v) is 9.42. The largest absolute Gasteiger partial charge is 0.298 e. The number of ketones is 1. The maximum Gasteiger partial charge on any atom is 0.239 e. The van der Waals surface area contributed by atoms with Gasteiger partial charge in [-0.05, 0) is 67.0 Å². The van der Waals surface area contributed by atoms with Crippen molar-refractivity contribution in [2.24, 2.45) is 22.7 Å². The molecule has 2 bridgehead atoms. The van der Waals surface area contributed by atoms with Crippen LogP contribution in [0.5, 0.6) is 0 Å². The van der Waals surface area contributed by atoms with E-state index in [1.54, 1.807) is 0 Å². The van der Waals surface area contributed by atoms with Crippen LogP contribution >= 0.6 is 0 Å². The lowest BCUT2D eigenvalue weighted by Crippen LogP contribution is -2.42. The highest BCUT2D eigenvalue weighted by Crippen LogP contribution is 2.75. The number of Topliss-reactive ketones (excluding diaryl/α,β-unsaturated/α-hetero) is 1. The first-order chi connectivity index (χ1) is 18.3. The van der Waals surface area contributed by atoms with Gasteiger partial charge in [-0.25, -0.2) is 4.90 Å². The third kappa shape index (κ3) is 2.78. The van der Waals surface area contributed by atoms with Crippen LogP contribution in [0, 0.1) is 43.4 Å². The molecule has 4 heteroatoms. The summed E-state index contributed by atoms with van der Waals surface area (Å²) in [6.45, 7) is 9.93. The van der Waals surface area contributed by atoms with Crippen LogP contribution < -0.4 is 4.90 Å². The minimum Gasteiger partial charge on any atom is -0.298 e. The smallest absolute Gasteiger partial charge is 0.239 e. The van der Waals surface area contributed by atoms with E-state index in [-0.39, 0.29) is 17.6 Å². The van der Waals surface area contributed by atoms with Gasteiger partial charge in [-0.3, -0.25) is 14.4 Å². The summed E-state index contributed by atoms with van der Waals surface area (Å²) in [6.07, 6.45) is 0.933. The van der Waals surface area contributed by atoms with Crippen LogP contribution in [-0.4, -0.2) is 17.6 Å². The molecule has 2 amide bonds. The van der Waals surface area contributed by atoms with E-state index >= 15 is 0 Å². The summed E-state index contributed by atoms with van der Waals surface area (Å²) in [5.41, 5.74) is 5.23. The molecule has 0 spiro atoms. The minimum atomic E-state index is -1.05. The molecule has 1 saturated carbocycles. The fraction of sp³-hybridized carbons (Fsp3) is 0.324. The van der Waals surface area contributed by atoms with Crippen molar-refractivity contribution in [1.82, 2.24) is 0 Å². The van der Waals surface area contributed by atoms with E-state index in [0.717, 1.165) is 39.0 Å². The van der Waals surface area contributed by atoms with Crippen molar-refractivity contribution in [3.8, 4) is 0 Å². The molecule has 4 atom stereocenters. The van der Waals surface area contributed by atoms with Crippen LogP contribution in [0.4, 0.5) is 5.69 Å². The molecule has 3 aromatic carbocycles. The summed E-state index contributed by atoms with van der Waals surface area (Å²) in [5, 5.41) is 0. The maximum absolute atomic E-state index is 14.8. The predicted molar refractivity (Wildman–Crippen MR) is 150 cm³/mol. The van der Waals surface area contributed by atoms with Crippen molar-refractivity contribution in [2.75, 3.05) is 4.90 Å². The molecule has 1 heterocycles. The zero-order valence-corrected chi connectivity index (χ0v) is 22.7. The van der Waals surface area contributed by atoms with Crippen molar-refractivity contribution in [3.05, 3.63) is 101 Å². The van der Waals surface area contributed by atoms with Crippen LogP contribution in [-0.2, 0) is 14.4 Å². The van der Waals surface area contributed by atoms with Crippen LogP contribution in [0.3, 0.4) is 0 Å². The SMILES string of the molecule is CC[C@]12C(=O)[C@](CC)(C(c3ccccc3)=C1c1ccccc1)[C@@H]1C(=O)N(c3c(C)cc(C)cc3C)C(=O)[C@H]12. The number of carbonyl (C=O) groups is 3. The second-order valence-electron chi connectivity index (χ2n) is 11.2. The molecule has 2 aliphatic carbocycles. The Kier molecular flexibility index (Phi) is 5.40. The number of imide groups is 1. The van der Waals surface area contributed by atoms with Crippen molar-refractivity contribution in [2.45, 2.75) is 47.5 Å². The average molecular weight is 504 g/mol. The summed E-state index contributed by atoms with van der Waals surface area (Å²) in [6, 6.07) is 24.0. The molecule has 1 saturated heterocycles. The molecule has 3 aliphatic rings. The fourth-order valence-corrected chi connectivity index (χ4v) is 8.20. The summed E-state index contributed by atoms with van der Waals surface area (Å²) in [5.74, 6) is -1.85. The number of anilines is 1. The second-order valence-corrected chi connectivity index (χ2v) is 11.2. The summed E-state index contributed by atoms with van der Waals surface area (Å²) in [4.78, 5) is 45.2. The van der Waals surface area contributed by atoms with Crippen LogP contribution in [0.2, 0.25) is 0 Å². The van der Waals surface area contributed by atoms with Crippen molar-refractivity contribution < 1.29 is 14.4 Å². The predicted octanol–water partition coefficient (Wildman–Crippen LogP) is 6.72. The molecule has 0 N–H and O–H groups in total. The Morgan fingerprint density at radius 2 is 1.05 bits per heavy atom. The van der Waals surface area contributed by atoms with E-state index in [0.29, 0.717) is 18.5 Å². The van der Waals surface area contributed by atoms with Gasteiger partial charge in [-0.1, -0.05) is 92.2 Å². The molecule has 1 aliphatic heterocycles. The molecule has 6 rings (SSSR count). The number of allylic oxidation sites excluding steroid dienone is 2. The van der Waals surface area contributed by atoms with E-state index in [4.69, 9.17) is 0 Å². The zero-order valence-electron chi connectivity index (χ0n) is 22.7. The zero-order chi connectivity index (χ0) is 27.0. The van der Waals surface area contributed by atoms with Gasteiger partial charge in [0.15, 0.2) is 5.78 Å². The number of hydrogen-bond donors (Lipinski definition) is 0. The number of fused-ring (bicyclic) bond motifs is 5. The number of nitrogens with zero attached hydrogens (tertiary/aromatic N) is 1. The van der Waals surface area contributed by atoms with Crippen molar-refractivity contribution in [1.29, 1.82) is 0 Å². The standard InChI is InChI=1S/C34H33NO3/c1-6-33-25(23-14-10-8-11-15-23)26(24-16-12-9-13-17-24)34(7-2,32(33)38)28-27(33)30(36)35(31(28)37)29-21(4)18-20(3)19-22(29)5/h8-19,27-28H,6-7H2,1-5H3/t27-,28-,33-,34+/m0/s1. The number of benzene rings is 3. The molecule has 38 heavy (non-hydrogen) atoms. The fourth-order valence-electron chi connectivity index (χ4n) is 8.20. The Hall–Kier alpha value is -3.79. The van der Waals surface area contributed by atoms with E-state index in [9.17, 15) is 14.4 Å². The van der Waals surface area contributed by atoms with Gasteiger partial charge in [0.05, 0.1) is 28.4 Å². The Morgan fingerprint density at radius 3 is 1.42 bits per heavy atom. The Labute approximate surface area is 224 Å². The van der Waals surface area contributed by atoms with E-state index in [1.165, 1.54) is 4.90 Å². The molecular formula is C34H33NO3. The lowest BCUT2D eigenvalue weighted by atomic mass is 9.60. The summed E-state index contributed by atoms with van der Waals surface area (Å²) >= 11 is 0. The van der Waals surface area contributed by atoms with Gasteiger partial charge in [0, 0.05) is 0 Å². The van der Waals surface area contributed by atoms with Crippen LogP contribution in [0.15, 0.2) is 72.8 Å². The first kappa shape index (κ1) is 24.5. The highest BCUT2D eigenvalue weighted by molar-refractivity contribution is 6.35. The van der Waals surface area contributed by atoms with Gasteiger partial charge in [0.1, 0.15) is 0 Å². The van der Waals surface area contributed by atoms with Crippen LogP contribution in [0.1, 0.15) is 54.5 Å². The topological polar surface area (TPSA) is 54.5 Å². The Morgan fingerprint density at radius 1 is 0.658 bits per heavy atom. The molecule has 0 unspecified atom stereocenters. The Bertz CT molecular complexity index is 1430. The molecule has 2 fully saturated rings. The Balaban J connectivity index is 1.68. The van der Waals surface area contributed by atoms with Gasteiger partial charge in [-0.2, -0.15) is 0 Å². The normalized spacial score (nSPS) is 28.0. The highest BCUT2D eigenvalue weighted by atomic mass is 16.2. The van der Waals surface area contributed by atoms with E-state index < -0.39 is 22.7 Å². The van der Waals surface area contributed by atoms with Crippen LogP contribution in [0.25, 0.3) is 11.1 Å². The number of amides is 2. The molecule has 3 aromatic rings. The first-order valence-corrected chi connectivity index (χ1v) is 13.6. The van der Waals surface area contributed by atoms with Gasteiger partial charge in [-0.15, -0.1) is 0 Å². The van der Waals surface area contributed by atoms with Crippen molar-refractivity contribution in [3.63, 3.8) is 0 Å². The number of carbonyl (C=O) groups excluding carboxylic acids is 3. The molecular weight excluding hydrogens is 470 g/mol. The molecule has 192 valence electrons. The van der Waals surface area contributed by atoms with Gasteiger partial charge < -0.3 is 0 Å². The molecule has 0 aromatic heterocycles. The number of rotatable bonds is 5. The summed E-state index contributed by atoms with van der Waals surface area (Å²) < 4.78 is 0. The molecule has 4 nitrogen and oxygen atoms in total. The third-order valence-electron chi connectivity index (χ3n) is 9.42. The quantitative estimate of drug-likeness (QED) is 0.363. The minimum absolute atomic E-state index is 0.0430. The average Bonchev–Trinajstić information content (AvgIpc) is 3.41. The van der Waals surface area contributed by atoms with Gasteiger partial charge in [0.2, 0.25) is 11.8 Å². The monoisotopic (exact) mass is 503 g/mol. The first-order valence-electron chi connectivity index (χ1n) is 13.6. The summed E-state index contributed by atoms with van der Waals surface area (Å²) in [7, 11) is 0. The van der Waals surface area contributed by atoms with Crippen molar-refractivity contribution >= 4 is 34.4 Å². The lowest BCUT2D eigenvalue weighted by molar-refractivity contribution is -0.134. The maximum atomic E-state index is 14.8. The molecule has 0 radical (unpaired) electrons. The number of aryl methyl sites for hydroxylation is 3. The lowest BCUT2D eigenvalue weighted by Gasteiger charge is -2.38. The van der Waals surface area contributed by atoms with E-state index in [1.807, 2.05) is 107 Å². The van der Waals surface area contributed by atoms with Gasteiger partial charge in [0.25, 0.3) is 0 Å². The van der Waals surface area contributed by atoms with Gasteiger partial charge >= 0.3 is 0 Å². The second kappa shape index (κ2) is 8.36. The highest BCUT2D eigenvalue weighted by Gasteiger charge is 2.80.